The van der Waals surface area contributed by atoms with Crippen LogP contribution in [0.5, 0.6) is 0 Å². The van der Waals surface area contributed by atoms with Crippen LogP contribution < -0.4 is 10.6 Å². The van der Waals surface area contributed by atoms with E-state index in [1.54, 1.807) is 26.2 Å². The molecule has 0 fully saturated rings. The molecule has 5 heteroatoms. The normalized spacial score (nSPS) is 10.3. The van der Waals surface area contributed by atoms with Gasteiger partial charge in [-0.15, -0.1) is 0 Å². The topological polar surface area (TPSA) is 50.4 Å². The number of carbonyl (C=O) groups excluding carboxylic acids is 1. The number of amides is 1. The smallest absolute Gasteiger partial charge is 0.238 e. The van der Waals surface area contributed by atoms with Crippen LogP contribution >= 0.6 is 0 Å². The first-order chi connectivity index (χ1) is 8.15. The molecular weight excluding hydrogens is 223 g/mol. The van der Waals surface area contributed by atoms with E-state index < -0.39 is 5.82 Å². The molecule has 0 aliphatic heterocycles. The number of carbonyl (C=O) groups is 1. The Morgan fingerprint density at radius 2 is 2.24 bits per heavy atom. The standard InChI is InChI=1S/C12H17FN2O2/c1-9-4-3-5-10(12(9)13)15-11(16)8-14-6-7-17-2/h3-5,14H,6-8H2,1-2H3,(H,15,16). The summed E-state index contributed by atoms with van der Waals surface area (Å²) in [5, 5.41) is 5.39. The molecule has 0 aromatic heterocycles. The van der Waals surface area contributed by atoms with Crippen LogP contribution in [0.15, 0.2) is 18.2 Å². The zero-order chi connectivity index (χ0) is 12.7. The van der Waals surface area contributed by atoms with Gasteiger partial charge in [-0.2, -0.15) is 0 Å². The molecule has 0 unspecified atom stereocenters. The van der Waals surface area contributed by atoms with Crippen molar-refractivity contribution in [3.8, 4) is 0 Å². The Bertz CT molecular complexity index is 383. The van der Waals surface area contributed by atoms with Crippen LogP contribution in [-0.2, 0) is 9.53 Å². The number of ether oxygens (including phenoxy) is 1. The molecule has 4 nitrogen and oxygen atoms in total. The third-order valence-electron chi connectivity index (χ3n) is 2.23. The van der Waals surface area contributed by atoms with Crippen molar-refractivity contribution in [3.63, 3.8) is 0 Å². The van der Waals surface area contributed by atoms with Crippen molar-refractivity contribution in [1.29, 1.82) is 0 Å². The second kappa shape index (κ2) is 6.98. The summed E-state index contributed by atoms with van der Waals surface area (Å²) in [5.41, 5.74) is 0.721. The summed E-state index contributed by atoms with van der Waals surface area (Å²) in [6, 6.07) is 4.89. The number of halogens is 1. The molecule has 0 radical (unpaired) electrons. The summed E-state index contributed by atoms with van der Waals surface area (Å²) >= 11 is 0. The molecule has 0 bridgehead atoms. The van der Waals surface area contributed by atoms with Gasteiger partial charge >= 0.3 is 0 Å². The van der Waals surface area contributed by atoms with Crippen molar-refractivity contribution in [2.45, 2.75) is 6.92 Å². The molecule has 0 spiro atoms. The lowest BCUT2D eigenvalue weighted by Crippen LogP contribution is -2.30. The lowest BCUT2D eigenvalue weighted by Gasteiger charge is -2.08. The molecule has 17 heavy (non-hydrogen) atoms. The monoisotopic (exact) mass is 240 g/mol. The molecule has 1 aromatic rings. The minimum Gasteiger partial charge on any atom is -0.383 e. The molecule has 1 amide bonds. The zero-order valence-electron chi connectivity index (χ0n) is 10.0. The van der Waals surface area contributed by atoms with Gasteiger partial charge in [-0.05, 0) is 18.6 Å². The van der Waals surface area contributed by atoms with E-state index in [0.29, 0.717) is 18.7 Å². The molecule has 0 saturated carbocycles. The Morgan fingerprint density at radius 3 is 2.94 bits per heavy atom. The highest BCUT2D eigenvalue weighted by molar-refractivity contribution is 5.92. The van der Waals surface area contributed by atoms with Crippen molar-refractivity contribution in [3.05, 3.63) is 29.6 Å². The van der Waals surface area contributed by atoms with E-state index in [-0.39, 0.29) is 18.1 Å². The van der Waals surface area contributed by atoms with Crippen molar-refractivity contribution in [2.24, 2.45) is 0 Å². The van der Waals surface area contributed by atoms with E-state index >= 15 is 0 Å². The number of nitrogens with one attached hydrogen (secondary N) is 2. The van der Waals surface area contributed by atoms with Crippen LogP contribution in [0.3, 0.4) is 0 Å². The Balaban J connectivity index is 2.43. The summed E-state index contributed by atoms with van der Waals surface area (Å²) in [4.78, 5) is 11.5. The molecule has 2 N–H and O–H groups in total. The number of hydrogen-bond donors (Lipinski definition) is 2. The first-order valence-corrected chi connectivity index (χ1v) is 5.39. The number of hydrogen-bond acceptors (Lipinski definition) is 3. The molecule has 94 valence electrons. The zero-order valence-corrected chi connectivity index (χ0v) is 10.0. The summed E-state index contributed by atoms with van der Waals surface area (Å²) in [6.45, 7) is 2.91. The highest BCUT2D eigenvalue weighted by Gasteiger charge is 2.07. The second-order valence-corrected chi connectivity index (χ2v) is 3.65. The number of rotatable bonds is 6. The van der Waals surface area contributed by atoms with E-state index in [1.165, 1.54) is 6.07 Å². The van der Waals surface area contributed by atoms with Gasteiger partial charge in [0.05, 0.1) is 18.8 Å². The van der Waals surface area contributed by atoms with Crippen LogP contribution in [0.1, 0.15) is 5.56 Å². The summed E-state index contributed by atoms with van der Waals surface area (Å²) in [6.07, 6.45) is 0. The largest absolute Gasteiger partial charge is 0.383 e. The second-order valence-electron chi connectivity index (χ2n) is 3.65. The third kappa shape index (κ3) is 4.50. The van der Waals surface area contributed by atoms with E-state index in [0.717, 1.165) is 0 Å². The average Bonchev–Trinajstić information content (AvgIpc) is 2.31. The molecule has 0 aliphatic carbocycles. The molecular formula is C12H17FN2O2. The van der Waals surface area contributed by atoms with Gasteiger partial charge in [-0.1, -0.05) is 12.1 Å². The van der Waals surface area contributed by atoms with Gasteiger partial charge in [-0.25, -0.2) is 4.39 Å². The van der Waals surface area contributed by atoms with E-state index in [2.05, 4.69) is 10.6 Å². The van der Waals surface area contributed by atoms with E-state index in [1.807, 2.05) is 0 Å². The van der Waals surface area contributed by atoms with Gasteiger partial charge in [0.2, 0.25) is 5.91 Å². The SMILES string of the molecule is COCCNCC(=O)Nc1cccc(C)c1F. The van der Waals surface area contributed by atoms with Crippen LogP contribution in [0.2, 0.25) is 0 Å². The molecule has 0 saturated heterocycles. The fourth-order valence-corrected chi connectivity index (χ4v) is 1.31. The molecule has 0 atom stereocenters. The van der Waals surface area contributed by atoms with Crippen molar-refractivity contribution >= 4 is 11.6 Å². The molecule has 0 heterocycles. The van der Waals surface area contributed by atoms with Crippen LogP contribution in [-0.4, -0.2) is 32.7 Å². The Hall–Kier alpha value is -1.46. The first kappa shape index (κ1) is 13.6. The minimum atomic E-state index is -0.391. The molecule has 1 aromatic carbocycles. The number of anilines is 1. The quantitative estimate of drug-likeness (QED) is 0.737. The minimum absolute atomic E-state index is 0.136. The lowest BCUT2D eigenvalue weighted by atomic mass is 10.2. The van der Waals surface area contributed by atoms with Gasteiger partial charge in [0.25, 0.3) is 0 Å². The third-order valence-corrected chi connectivity index (χ3v) is 2.23. The highest BCUT2D eigenvalue weighted by atomic mass is 19.1. The Labute approximate surface area is 100 Å². The van der Waals surface area contributed by atoms with Crippen molar-refractivity contribution in [1.82, 2.24) is 5.32 Å². The van der Waals surface area contributed by atoms with Gasteiger partial charge in [-0.3, -0.25) is 4.79 Å². The fraction of sp³-hybridized carbons (Fsp3) is 0.417. The van der Waals surface area contributed by atoms with E-state index in [4.69, 9.17) is 4.74 Å². The number of methoxy groups -OCH3 is 1. The van der Waals surface area contributed by atoms with Gasteiger partial charge in [0.1, 0.15) is 5.82 Å². The van der Waals surface area contributed by atoms with Gasteiger partial charge < -0.3 is 15.4 Å². The lowest BCUT2D eigenvalue weighted by molar-refractivity contribution is -0.115. The Kier molecular flexibility index (Phi) is 5.59. The summed E-state index contributed by atoms with van der Waals surface area (Å²) in [7, 11) is 1.59. The van der Waals surface area contributed by atoms with Crippen molar-refractivity contribution < 1.29 is 13.9 Å². The number of benzene rings is 1. The summed E-state index contributed by atoms with van der Waals surface area (Å²) in [5.74, 6) is -0.664. The van der Waals surface area contributed by atoms with Gasteiger partial charge in [0, 0.05) is 13.7 Å². The van der Waals surface area contributed by atoms with E-state index in [9.17, 15) is 9.18 Å². The van der Waals surface area contributed by atoms with Crippen molar-refractivity contribution in [2.75, 3.05) is 32.1 Å². The predicted octanol–water partition coefficient (Wildman–Crippen LogP) is 1.31. The Morgan fingerprint density at radius 1 is 1.47 bits per heavy atom. The van der Waals surface area contributed by atoms with Crippen LogP contribution in [0, 0.1) is 12.7 Å². The molecule has 0 aliphatic rings. The average molecular weight is 240 g/mol. The predicted molar refractivity (Wildman–Crippen MR) is 64.5 cm³/mol. The fourth-order valence-electron chi connectivity index (χ4n) is 1.31. The maximum atomic E-state index is 13.5. The first-order valence-electron chi connectivity index (χ1n) is 5.39. The summed E-state index contributed by atoms with van der Waals surface area (Å²) < 4.78 is 18.4. The number of aryl methyl sites for hydroxylation is 1. The van der Waals surface area contributed by atoms with Crippen LogP contribution in [0.4, 0.5) is 10.1 Å². The highest BCUT2D eigenvalue weighted by Crippen LogP contribution is 2.16. The van der Waals surface area contributed by atoms with Crippen LogP contribution in [0.25, 0.3) is 0 Å². The van der Waals surface area contributed by atoms with Gasteiger partial charge in [0.15, 0.2) is 0 Å². The maximum Gasteiger partial charge on any atom is 0.238 e. The maximum absolute atomic E-state index is 13.5. The molecule has 1 rings (SSSR count).